The Labute approximate surface area is 157 Å². The van der Waals surface area contributed by atoms with Crippen LogP contribution in [0.4, 0.5) is 0 Å². The second-order valence-corrected chi connectivity index (χ2v) is 8.43. The lowest BCUT2D eigenvalue weighted by molar-refractivity contribution is 0.0921. The Hall–Kier alpha value is -2.03. The fourth-order valence-corrected chi connectivity index (χ4v) is 3.91. The molecule has 0 saturated heterocycles. The molecule has 1 amide bonds. The zero-order chi connectivity index (χ0) is 18.7. The summed E-state index contributed by atoms with van der Waals surface area (Å²) in [5.74, 6) is 0.990. The van der Waals surface area contributed by atoms with Gasteiger partial charge in [0.15, 0.2) is 0 Å². The average Bonchev–Trinajstić information content (AvgIpc) is 3.04. The van der Waals surface area contributed by atoms with Gasteiger partial charge in [0.2, 0.25) is 0 Å². The van der Waals surface area contributed by atoms with Gasteiger partial charge in [-0.25, -0.2) is 0 Å². The summed E-state index contributed by atoms with van der Waals surface area (Å²) in [5.41, 5.74) is 5.81. The van der Waals surface area contributed by atoms with Gasteiger partial charge in [-0.05, 0) is 66.7 Å². The first-order chi connectivity index (χ1) is 12.4. The molecule has 3 nitrogen and oxygen atoms in total. The molecule has 1 aliphatic carbocycles. The number of carbonyl (C=O) groups excluding carboxylic acids is 1. The molecule has 0 fully saturated rings. The summed E-state index contributed by atoms with van der Waals surface area (Å²) in [6, 6.07) is 10.8. The summed E-state index contributed by atoms with van der Waals surface area (Å²) in [7, 11) is 0. The standard InChI is InChI=1S/C23H32N2O/c1-15(2)13-17-9-11-18(12-10-17)22(16(3)4)25-23(26)21-14-19-7-5-6-8-20(19)24-21/h9-12,14-16,22,24H,5-8,13H2,1-4H3,(H,25,26). The molecule has 0 radical (unpaired) electrons. The molecular weight excluding hydrogens is 320 g/mol. The van der Waals surface area contributed by atoms with Crippen molar-refractivity contribution in [2.24, 2.45) is 11.8 Å². The van der Waals surface area contributed by atoms with Crippen molar-refractivity contribution in [3.8, 4) is 0 Å². The highest BCUT2D eigenvalue weighted by atomic mass is 16.1. The predicted octanol–water partition coefficient (Wildman–Crippen LogP) is 5.22. The average molecular weight is 353 g/mol. The first-order valence-electron chi connectivity index (χ1n) is 10.0. The molecule has 2 aromatic rings. The van der Waals surface area contributed by atoms with Crippen molar-refractivity contribution in [3.05, 3.63) is 58.4 Å². The molecule has 0 aliphatic heterocycles. The maximum Gasteiger partial charge on any atom is 0.268 e. The number of nitrogens with one attached hydrogen (secondary N) is 2. The third-order valence-electron chi connectivity index (χ3n) is 5.30. The van der Waals surface area contributed by atoms with Crippen LogP contribution in [-0.2, 0) is 19.3 Å². The van der Waals surface area contributed by atoms with Gasteiger partial charge in [0.25, 0.3) is 5.91 Å². The molecule has 0 spiro atoms. The third-order valence-corrected chi connectivity index (χ3v) is 5.30. The van der Waals surface area contributed by atoms with Crippen LogP contribution in [0.15, 0.2) is 30.3 Å². The highest BCUT2D eigenvalue weighted by Crippen LogP contribution is 2.25. The van der Waals surface area contributed by atoms with Gasteiger partial charge in [-0.3, -0.25) is 4.79 Å². The monoisotopic (exact) mass is 352 g/mol. The first kappa shape index (κ1) is 18.8. The number of benzene rings is 1. The quantitative estimate of drug-likeness (QED) is 0.735. The van der Waals surface area contributed by atoms with Gasteiger partial charge in [0.05, 0.1) is 6.04 Å². The topological polar surface area (TPSA) is 44.9 Å². The van der Waals surface area contributed by atoms with Crippen LogP contribution >= 0.6 is 0 Å². The SMILES string of the molecule is CC(C)Cc1ccc(C(NC(=O)c2cc3c([nH]2)CCCC3)C(C)C)cc1. The van der Waals surface area contributed by atoms with Gasteiger partial charge in [0, 0.05) is 5.69 Å². The van der Waals surface area contributed by atoms with Crippen molar-refractivity contribution in [2.75, 3.05) is 0 Å². The summed E-state index contributed by atoms with van der Waals surface area (Å²) >= 11 is 0. The zero-order valence-corrected chi connectivity index (χ0v) is 16.6. The van der Waals surface area contributed by atoms with E-state index in [0.29, 0.717) is 17.5 Å². The molecule has 1 heterocycles. The molecule has 1 atom stereocenters. The molecule has 3 heteroatoms. The van der Waals surface area contributed by atoms with E-state index in [1.165, 1.54) is 35.2 Å². The summed E-state index contributed by atoms with van der Waals surface area (Å²) in [4.78, 5) is 16.2. The number of amides is 1. The van der Waals surface area contributed by atoms with Crippen LogP contribution in [0.25, 0.3) is 0 Å². The molecule has 3 rings (SSSR count). The number of hydrogen-bond acceptors (Lipinski definition) is 1. The largest absolute Gasteiger partial charge is 0.354 e. The van der Waals surface area contributed by atoms with Gasteiger partial charge in [-0.1, -0.05) is 52.0 Å². The molecule has 1 aliphatic rings. The van der Waals surface area contributed by atoms with E-state index in [-0.39, 0.29) is 11.9 Å². The van der Waals surface area contributed by atoms with E-state index >= 15 is 0 Å². The minimum absolute atomic E-state index is 0.00403. The van der Waals surface area contributed by atoms with E-state index in [2.05, 4.69) is 62.3 Å². The maximum atomic E-state index is 12.8. The predicted molar refractivity (Wildman–Crippen MR) is 107 cm³/mol. The number of rotatable bonds is 6. The number of carbonyl (C=O) groups is 1. The minimum Gasteiger partial charge on any atom is -0.354 e. The van der Waals surface area contributed by atoms with Crippen molar-refractivity contribution in [1.29, 1.82) is 0 Å². The minimum atomic E-state index is 0.00403. The molecule has 2 N–H and O–H groups in total. The van der Waals surface area contributed by atoms with Crippen LogP contribution in [-0.4, -0.2) is 10.9 Å². The Morgan fingerprint density at radius 2 is 1.77 bits per heavy atom. The lowest BCUT2D eigenvalue weighted by atomic mass is 9.93. The van der Waals surface area contributed by atoms with Crippen LogP contribution in [0.3, 0.4) is 0 Å². The van der Waals surface area contributed by atoms with Crippen molar-refractivity contribution in [2.45, 2.75) is 65.8 Å². The number of aromatic amines is 1. The van der Waals surface area contributed by atoms with Gasteiger partial charge in [-0.15, -0.1) is 0 Å². The summed E-state index contributed by atoms with van der Waals surface area (Å²) in [6.45, 7) is 8.79. The Bertz CT molecular complexity index is 717. The number of fused-ring (bicyclic) bond motifs is 1. The molecule has 1 aromatic heterocycles. The number of hydrogen-bond donors (Lipinski definition) is 2. The van der Waals surface area contributed by atoms with Gasteiger partial charge in [0.1, 0.15) is 5.69 Å². The van der Waals surface area contributed by atoms with E-state index in [4.69, 9.17) is 0 Å². The van der Waals surface area contributed by atoms with Gasteiger partial charge in [-0.2, -0.15) is 0 Å². The summed E-state index contributed by atoms with van der Waals surface area (Å²) in [6.07, 6.45) is 5.68. The van der Waals surface area contributed by atoms with Crippen molar-refractivity contribution < 1.29 is 4.79 Å². The van der Waals surface area contributed by atoms with Crippen LogP contribution in [0.1, 0.15) is 79.5 Å². The Kier molecular flexibility index (Phi) is 5.85. The number of aromatic nitrogens is 1. The van der Waals surface area contributed by atoms with Crippen LogP contribution in [0.2, 0.25) is 0 Å². The highest BCUT2D eigenvalue weighted by Gasteiger charge is 2.22. The summed E-state index contributed by atoms with van der Waals surface area (Å²) < 4.78 is 0. The zero-order valence-electron chi connectivity index (χ0n) is 16.6. The second kappa shape index (κ2) is 8.11. The fraction of sp³-hybridized carbons (Fsp3) is 0.522. The molecule has 1 aromatic carbocycles. The van der Waals surface area contributed by atoms with E-state index in [0.717, 1.165) is 19.3 Å². The Balaban J connectivity index is 1.73. The van der Waals surface area contributed by atoms with E-state index in [1.54, 1.807) is 0 Å². The number of H-pyrrole nitrogens is 1. The van der Waals surface area contributed by atoms with Gasteiger partial charge < -0.3 is 10.3 Å². The van der Waals surface area contributed by atoms with Crippen molar-refractivity contribution in [3.63, 3.8) is 0 Å². The lowest BCUT2D eigenvalue weighted by Crippen LogP contribution is -2.32. The van der Waals surface area contributed by atoms with Gasteiger partial charge >= 0.3 is 0 Å². The van der Waals surface area contributed by atoms with E-state index in [9.17, 15) is 4.79 Å². The molecular formula is C23H32N2O. The molecule has 1 unspecified atom stereocenters. The van der Waals surface area contributed by atoms with E-state index in [1.807, 2.05) is 6.07 Å². The van der Waals surface area contributed by atoms with Crippen molar-refractivity contribution in [1.82, 2.24) is 10.3 Å². The smallest absolute Gasteiger partial charge is 0.268 e. The lowest BCUT2D eigenvalue weighted by Gasteiger charge is -2.23. The summed E-state index contributed by atoms with van der Waals surface area (Å²) in [5, 5.41) is 3.25. The first-order valence-corrected chi connectivity index (χ1v) is 10.0. The van der Waals surface area contributed by atoms with Crippen molar-refractivity contribution >= 4 is 5.91 Å². The fourth-order valence-electron chi connectivity index (χ4n) is 3.91. The third kappa shape index (κ3) is 4.38. The second-order valence-electron chi connectivity index (χ2n) is 8.43. The molecule has 26 heavy (non-hydrogen) atoms. The molecule has 0 bridgehead atoms. The molecule has 0 saturated carbocycles. The molecule has 140 valence electrons. The number of aryl methyl sites for hydroxylation is 2. The highest BCUT2D eigenvalue weighted by molar-refractivity contribution is 5.93. The van der Waals surface area contributed by atoms with E-state index < -0.39 is 0 Å². The maximum absolute atomic E-state index is 12.8. The Morgan fingerprint density at radius 3 is 2.38 bits per heavy atom. The van der Waals surface area contributed by atoms with Crippen LogP contribution in [0, 0.1) is 11.8 Å². The van der Waals surface area contributed by atoms with Crippen LogP contribution in [0.5, 0.6) is 0 Å². The van der Waals surface area contributed by atoms with Crippen LogP contribution < -0.4 is 5.32 Å². The Morgan fingerprint density at radius 1 is 1.08 bits per heavy atom. The normalized spacial score (nSPS) is 15.2.